The fourth-order valence-electron chi connectivity index (χ4n) is 2.58. The standard InChI is InChI=1S/C19H18N2O/c1-12-5-4-6-15(9-12)21-19(22)17-11-14(3)20-18-8-7-13(2)10-16(17)18/h4-11H,1-3H3,(H,21,22). The van der Waals surface area contributed by atoms with Crippen LogP contribution in [-0.2, 0) is 0 Å². The van der Waals surface area contributed by atoms with Crippen LogP contribution in [-0.4, -0.2) is 10.9 Å². The van der Waals surface area contributed by atoms with Gasteiger partial charge in [-0.3, -0.25) is 9.78 Å². The van der Waals surface area contributed by atoms with Gasteiger partial charge in [0.2, 0.25) is 0 Å². The number of rotatable bonds is 2. The topological polar surface area (TPSA) is 42.0 Å². The van der Waals surface area contributed by atoms with Gasteiger partial charge in [0, 0.05) is 16.8 Å². The molecule has 0 saturated heterocycles. The van der Waals surface area contributed by atoms with E-state index < -0.39 is 0 Å². The Balaban J connectivity index is 2.05. The summed E-state index contributed by atoms with van der Waals surface area (Å²) in [5, 5.41) is 3.86. The second kappa shape index (κ2) is 5.60. The number of amides is 1. The zero-order chi connectivity index (χ0) is 15.7. The fraction of sp³-hybridized carbons (Fsp3) is 0.158. The molecular weight excluding hydrogens is 272 g/mol. The molecule has 0 atom stereocenters. The molecule has 3 aromatic rings. The lowest BCUT2D eigenvalue weighted by molar-refractivity contribution is 0.102. The maximum atomic E-state index is 12.7. The molecule has 1 aromatic heterocycles. The normalized spacial score (nSPS) is 10.7. The first-order chi connectivity index (χ1) is 10.5. The molecule has 0 fully saturated rings. The van der Waals surface area contributed by atoms with Crippen LogP contribution in [0.1, 0.15) is 27.2 Å². The molecule has 110 valence electrons. The molecular formula is C19H18N2O. The molecule has 0 unspecified atom stereocenters. The number of hydrogen-bond acceptors (Lipinski definition) is 2. The highest BCUT2D eigenvalue weighted by Crippen LogP contribution is 2.21. The first-order valence-electron chi connectivity index (χ1n) is 7.29. The number of pyridine rings is 1. The largest absolute Gasteiger partial charge is 0.322 e. The lowest BCUT2D eigenvalue weighted by atomic mass is 10.0. The predicted molar refractivity (Wildman–Crippen MR) is 90.3 cm³/mol. The van der Waals surface area contributed by atoms with Crippen molar-refractivity contribution in [3.05, 3.63) is 70.9 Å². The number of nitrogens with zero attached hydrogens (tertiary/aromatic N) is 1. The van der Waals surface area contributed by atoms with Gasteiger partial charge in [-0.15, -0.1) is 0 Å². The summed E-state index contributed by atoms with van der Waals surface area (Å²) in [7, 11) is 0. The SMILES string of the molecule is Cc1cccc(NC(=O)c2cc(C)nc3ccc(C)cc23)c1. The smallest absolute Gasteiger partial charge is 0.256 e. The molecule has 0 spiro atoms. The Hall–Kier alpha value is -2.68. The molecule has 0 aliphatic rings. The number of benzene rings is 2. The van der Waals surface area contributed by atoms with Crippen molar-refractivity contribution in [3.63, 3.8) is 0 Å². The van der Waals surface area contributed by atoms with Crippen LogP contribution in [0.4, 0.5) is 5.69 Å². The van der Waals surface area contributed by atoms with Crippen LogP contribution in [0.5, 0.6) is 0 Å². The number of fused-ring (bicyclic) bond motifs is 1. The molecule has 22 heavy (non-hydrogen) atoms. The van der Waals surface area contributed by atoms with Crippen molar-refractivity contribution in [3.8, 4) is 0 Å². The van der Waals surface area contributed by atoms with Gasteiger partial charge in [-0.05, 0) is 56.7 Å². The van der Waals surface area contributed by atoms with E-state index in [1.165, 1.54) is 0 Å². The van der Waals surface area contributed by atoms with E-state index in [0.29, 0.717) is 5.56 Å². The lowest BCUT2D eigenvalue weighted by Crippen LogP contribution is -2.13. The van der Waals surface area contributed by atoms with Crippen molar-refractivity contribution >= 4 is 22.5 Å². The van der Waals surface area contributed by atoms with Crippen LogP contribution < -0.4 is 5.32 Å². The Bertz CT molecular complexity index is 868. The number of hydrogen-bond donors (Lipinski definition) is 1. The molecule has 1 heterocycles. The molecule has 3 rings (SSSR count). The summed E-state index contributed by atoms with van der Waals surface area (Å²) in [5.74, 6) is -0.105. The third-order valence-corrected chi connectivity index (χ3v) is 3.61. The van der Waals surface area contributed by atoms with Crippen LogP contribution in [0, 0.1) is 20.8 Å². The number of carbonyl (C=O) groups is 1. The third-order valence-electron chi connectivity index (χ3n) is 3.61. The molecule has 1 N–H and O–H groups in total. The first-order valence-corrected chi connectivity index (χ1v) is 7.29. The van der Waals surface area contributed by atoms with E-state index in [0.717, 1.165) is 33.4 Å². The van der Waals surface area contributed by atoms with E-state index in [1.807, 2.05) is 69.3 Å². The highest BCUT2D eigenvalue weighted by molar-refractivity contribution is 6.12. The highest BCUT2D eigenvalue weighted by atomic mass is 16.1. The first kappa shape index (κ1) is 14.3. The maximum Gasteiger partial charge on any atom is 0.256 e. The minimum atomic E-state index is -0.105. The van der Waals surface area contributed by atoms with Crippen LogP contribution in [0.15, 0.2) is 48.5 Å². The Morgan fingerprint density at radius 2 is 1.73 bits per heavy atom. The van der Waals surface area contributed by atoms with E-state index in [9.17, 15) is 4.79 Å². The van der Waals surface area contributed by atoms with Gasteiger partial charge in [0.1, 0.15) is 0 Å². The fourth-order valence-corrected chi connectivity index (χ4v) is 2.58. The van der Waals surface area contributed by atoms with Crippen molar-refractivity contribution in [2.45, 2.75) is 20.8 Å². The average Bonchev–Trinajstić information content (AvgIpc) is 2.47. The summed E-state index contributed by atoms with van der Waals surface area (Å²) in [4.78, 5) is 17.2. The molecule has 0 radical (unpaired) electrons. The molecule has 0 aliphatic heterocycles. The maximum absolute atomic E-state index is 12.7. The van der Waals surface area contributed by atoms with Gasteiger partial charge in [-0.2, -0.15) is 0 Å². The van der Waals surface area contributed by atoms with Gasteiger partial charge in [0.05, 0.1) is 11.1 Å². The Morgan fingerprint density at radius 1 is 0.955 bits per heavy atom. The van der Waals surface area contributed by atoms with Crippen molar-refractivity contribution in [1.82, 2.24) is 4.98 Å². The van der Waals surface area contributed by atoms with Crippen LogP contribution >= 0.6 is 0 Å². The second-order valence-electron chi connectivity index (χ2n) is 5.66. The molecule has 2 aromatic carbocycles. The number of nitrogens with one attached hydrogen (secondary N) is 1. The molecule has 0 aliphatic carbocycles. The van der Waals surface area contributed by atoms with Gasteiger partial charge >= 0.3 is 0 Å². The number of carbonyl (C=O) groups excluding carboxylic acids is 1. The second-order valence-corrected chi connectivity index (χ2v) is 5.66. The van der Waals surface area contributed by atoms with Gasteiger partial charge in [-0.1, -0.05) is 23.8 Å². The molecule has 0 bridgehead atoms. The van der Waals surface area contributed by atoms with E-state index in [-0.39, 0.29) is 5.91 Å². The number of aromatic nitrogens is 1. The molecule has 3 heteroatoms. The molecule has 3 nitrogen and oxygen atoms in total. The summed E-state index contributed by atoms with van der Waals surface area (Å²) in [6.07, 6.45) is 0. The zero-order valence-electron chi connectivity index (χ0n) is 13.0. The predicted octanol–water partition coefficient (Wildman–Crippen LogP) is 4.41. The minimum Gasteiger partial charge on any atom is -0.322 e. The average molecular weight is 290 g/mol. The van der Waals surface area contributed by atoms with Crippen LogP contribution in [0.25, 0.3) is 10.9 Å². The lowest BCUT2D eigenvalue weighted by Gasteiger charge is -2.10. The van der Waals surface area contributed by atoms with E-state index in [1.54, 1.807) is 0 Å². The quantitative estimate of drug-likeness (QED) is 0.759. The van der Waals surface area contributed by atoms with Crippen molar-refractivity contribution < 1.29 is 4.79 Å². The Morgan fingerprint density at radius 3 is 2.50 bits per heavy atom. The van der Waals surface area contributed by atoms with Crippen LogP contribution in [0.2, 0.25) is 0 Å². The summed E-state index contributed by atoms with van der Waals surface area (Å²) in [6, 6.07) is 15.6. The number of aryl methyl sites for hydroxylation is 3. The Labute approximate surface area is 130 Å². The molecule has 1 amide bonds. The summed E-state index contributed by atoms with van der Waals surface area (Å²) in [5.41, 5.74) is 5.38. The van der Waals surface area contributed by atoms with Crippen molar-refractivity contribution in [2.75, 3.05) is 5.32 Å². The monoisotopic (exact) mass is 290 g/mol. The third kappa shape index (κ3) is 2.84. The van der Waals surface area contributed by atoms with Gasteiger partial charge in [0.15, 0.2) is 0 Å². The summed E-state index contributed by atoms with van der Waals surface area (Å²) < 4.78 is 0. The molecule has 0 saturated carbocycles. The van der Waals surface area contributed by atoms with E-state index in [4.69, 9.17) is 0 Å². The number of anilines is 1. The van der Waals surface area contributed by atoms with Gasteiger partial charge in [0.25, 0.3) is 5.91 Å². The van der Waals surface area contributed by atoms with Crippen molar-refractivity contribution in [2.24, 2.45) is 0 Å². The van der Waals surface area contributed by atoms with E-state index in [2.05, 4.69) is 10.3 Å². The van der Waals surface area contributed by atoms with Crippen LogP contribution in [0.3, 0.4) is 0 Å². The minimum absolute atomic E-state index is 0.105. The zero-order valence-corrected chi connectivity index (χ0v) is 13.0. The highest BCUT2D eigenvalue weighted by Gasteiger charge is 2.12. The summed E-state index contributed by atoms with van der Waals surface area (Å²) in [6.45, 7) is 5.93. The van der Waals surface area contributed by atoms with Crippen molar-refractivity contribution in [1.29, 1.82) is 0 Å². The Kier molecular flexibility index (Phi) is 3.63. The van der Waals surface area contributed by atoms with E-state index >= 15 is 0 Å². The van der Waals surface area contributed by atoms with Gasteiger partial charge in [-0.25, -0.2) is 0 Å². The van der Waals surface area contributed by atoms with Gasteiger partial charge < -0.3 is 5.32 Å². The summed E-state index contributed by atoms with van der Waals surface area (Å²) >= 11 is 0.